The van der Waals surface area contributed by atoms with Crippen LogP contribution < -0.4 is 14.8 Å². The second kappa shape index (κ2) is 9.71. The topological polar surface area (TPSA) is 30.5 Å². The normalized spacial score (nSPS) is 10.8. The lowest BCUT2D eigenvalue weighted by Crippen LogP contribution is -2.04. The van der Waals surface area contributed by atoms with Crippen LogP contribution in [-0.4, -0.2) is 6.61 Å². The summed E-state index contributed by atoms with van der Waals surface area (Å²) in [6.45, 7) is 3.27. The first-order valence-corrected chi connectivity index (χ1v) is 10.6. The molecule has 4 aromatic carbocycles. The molecule has 5 heteroatoms. The molecule has 31 heavy (non-hydrogen) atoms. The summed E-state index contributed by atoms with van der Waals surface area (Å²) in [6, 6.07) is 24.3. The number of nitrogens with one attached hydrogen (secondary N) is 1. The molecular weight excluding hydrogens is 413 g/mol. The van der Waals surface area contributed by atoms with Gasteiger partial charge in [-0.2, -0.15) is 0 Å². The van der Waals surface area contributed by atoms with Crippen LogP contribution in [0.4, 0.5) is 10.1 Å². The van der Waals surface area contributed by atoms with Gasteiger partial charge in [0, 0.05) is 28.7 Å². The zero-order valence-electron chi connectivity index (χ0n) is 17.2. The molecule has 0 aliphatic heterocycles. The molecule has 0 spiro atoms. The number of hydrogen-bond acceptors (Lipinski definition) is 3. The molecule has 0 atom stereocenters. The van der Waals surface area contributed by atoms with Crippen molar-refractivity contribution in [2.75, 3.05) is 11.9 Å². The average molecular weight is 436 g/mol. The van der Waals surface area contributed by atoms with Gasteiger partial charge < -0.3 is 14.8 Å². The molecule has 0 radical (unpaired) electrons. The van der Waals surface area contributed by atoms with Crippen molar-refractivity contribution in [2.24, 2.45) is 0 Å². The molecule has 0 aromatic heterocycles. The fraction of sp³-hybridized carbons (Fsp3) is 0.154. The zero-order valence-corrected chi connectivity index (χ0v) is 18.0. The molecule has 3 nitrogen and oxygen atoms in total. The molecule has 158 valence electrons. The molecule has 4 rings (SSSR count). The molecule has 0 saturated carbocycles. The zero-order chi connectivity index (χ0) is 21.6. The van der Waals surface area contributed by atoms with E-state index in [4.69, 9.17) is 21.1 Å². The summed E-state index contributed by atoms with van der Waals surface area (Å²) < 4.78 is 24.8. The van der Waals surface area contributed by atoms with Crippen molar-refractivity contribution in [3.05, 3.63) is 101 Å². The highest BCUT2D eigenvalue weighted by molar-refractivity contribution is 6.31. The number of anilines is 1. The van der Waals surface area contributed by atoms with Crippen LogP contribution in [0.15, 0.2) is 78.9 Å². The molecule has 0 saturated heterocycles. The molecule has 0 fully saturated rings. The highest BCUT2D eigenvalue weighted by Gasteiger charge is 2.12. The minimum Gasteiger partial charge on any atom is -0.490 e. The third kappa shape index (κ3) is 5.09. The Morgan fingerprint density at radius 2 is 1.61 bits per heavy atom. The standard InChI is InChI=1S/C26H23ClFNO2/c1-2-30-25-14-20(16-29-24-9-5-7-19-6-3-4-8-22(19)24)23(27)15-26(25)31-17-18-10-12-21(28)13-11-18/h3-15,29H,2,16-17H2,1H3. The lowest BCUT2D eigenvalue weighted by atomic mass is 10.1. The number of ether oxygens (including phenoxy) is 2. The van der Waals surface area contributed by atoms with E-state index in [0.717, 1.165) is 22.2 Å². The van der Waals surface area contributed by atoms with Gasteiger partial charge in [0.05, 0.1) is 6.61 Å². The average Bonchev–Trinajstić information content (AvgIpc) is 2.79. The number of fused-ring (bicyclic) bond motifs is 1. The molecule has 0 bridgehead atoms. The quantitative estimate of drug-likeness (QED) is 0.317. The minimum atomic E-state index is -0.273. The van der Waals surface area contributed by atoms with E-state index >= 15 is 0 Å². The maximum Gasteiger partial charge on any atom is 0.163 e. The second-order valence-corrected chi connectivity index (χ2v) is 7.53. The van der Waals surface area contributed by atoms with Gasteiger partial charge in [0.25, 0.3) is 0 Å². The Balaban J connectivity index is 1.52. The lowest BCUT2D eigenvalue weighted by molar-refractivity contribution is 0.269. The minimum absolute atomic E-state index is 0.273. The summed E-state index contributed by atoms with van der Waals surface area (Å²) in [5.41, 5.74) is 2.82. The number of hydrogen-bond donors (Lipinski definition) is 1. The van der Waals surface area contributed by atoms with Gasteiger partial charge in [0.1, 0.15) is 12.4 Å². The van der Waals surface area contributed by atoms with Crippen molar-refractivity contribution < 1.29 is 13.9 Å². The molecule has 4 aromatic rings. The van der Waals surface area contributed by atoms with Crippen LogP contribution in [0.3, 0.4) is 0 Å². The molecule has 0 aliphatic rings. The van der Waals surface area contributed by atoms with E-state index < -0.39 is 0 Å². The van der Waals surface area contributed by atoms with E-state index in [0.29, 0.717) is 36.3 Å². The Morgan fingerprint density at radius 3 is 2.42 bits per heavy atom. The molecule has 1 N–H and O–H groups in total. The van der Waals surface area contributed by atoms with E-state index in [1.807, 2.05) is 31.2 Å². The molecule has 0 heterocycles. The maximum atomic E-state index is 13.1. The van der Waals surface area contributed by atoms with Crippen molar-refractivity contribution in [3.8, 4) is 11.5 Å². The van der Waals surface area contributed by atoms with E-state index in [2.05, 4.69) is 29.6 Å². The predicted octanol–water partition coefficient (Wildman–Crippen LogP) is 7.22. The van der Waals surface area contributed by atoms with Gasteiger partial charge in [-0.25, -0.2) is 4.39 Å². The fourth-order valence-corrected chi connectivity index (χ4v) is 3.63. The first-order chi connectivity index (χ1) is 15.1. The van der Waals surface area contributed by atoms with E-state index in [-0.39, 0.29) is 5.82 Å². The van der Waals surface area contributed by atoms with Gasteiger partial charge in [-0.1, -0.05) is 60.1 Å². The first-order valence-electron chi connectivity index (χ1n) is 10.2. The van der Waals surface area contributed by atoms with Crippen LogP contribution in [0.25, 0.3) is 10.8 Å². The summed E-state index contributed by atoms with van der Waals surface area (Å²) in [6.07, 6.45) is 0. The van der Waals surface area contributed by atoms with Gasteiger partial charge in [0.2, 0.25) is 0 Å². The third-order valence-corrected chi connectivity index (χ3v) is 5.33. The molecule has 0 amide bonds. The summed E-state index contributed by atoms with van der Waals surface area (Å²) in [5.74, 6) is 0.915. The SMILES string of the molecule is CCOc1cc(CNc2cccc3ccccc23)c(Cl)cc1OCc1ccc(F)cc1. The van der Waals surface area contributed by atoms with Gasteiger partial charge in [-0.3, -0.25) is 0 Å². The number of benzene rings is 4. The fourth-order valence-electron chi connectivity index (χ4n) is 3.41. The summed E-state index contributed by atoms with van der Waals surface area (Å²) >= 11 is 6.56. The molecular formula is C26H23ClFNO2. The highest BCUT2D eigenvalue weighted by Crippen LogP contribution is 2.35. The van der Waals surface area contributed by atoms with Crippen LogP contribution in [0, 0.1) is 5.82 Å². The van der Waals surface area contributed by atoms with Crippen LogP contribution in [-0.2, 0) is 13.2 Å². The van der Waals surface area contributed by atoms with Crippen molar-refractivity contribution in [1.82, 2.24) is 0 Å². The van der Waals surface area contributed by atoms with Crippen molar-refractivity contribution in [3.63, 3.8) is 0 Å². The third-order valence-electron chi connectivity index (χ3n) is 4.98. The summed E-state index contributed by atoms with van der Waals surface area (Å²) in [4.78, 5) is 0. The van der Waals surface area contributed by atoms with Gasteiger partial charge >= 0.3 is 0 Å². The van der Waals surface area contributed by atoms with E-state index in [1.54, 1.807) is 18.2 Å². The predicted molar refractivity (Wildman–Crippen MR) is 125 cm³/mol. The summed E-state index contributed by atoms with van der Waals surface area (Å²) in [7, 11) is 0. The summed E-state index contributed by atoms with van der Waals surface area (Å²) in [5, 5.41) is 6.41. The Labute approximate surface area is 186 Å². The molecule has 0 unspecified atom stereocenters. The number of rotatable bonds is 8. The Hall–Kier alpha value is -3.24. The van der Waals surface area contributed by atoms with Crippen LogP contribution in [0.2, 0.25) is 5.02 Å². The van der Waals surface area contributed by atoms with Crippen molar-refractivity contribution >= 4 is 28.1 Å². The van der Waals surface area contributed by atoms with Gasteiger partial charge in [0.15, 0.2) is 11.5 Å². The van der Waals surface area contributed by atoms with Crippen LogP contribution in [0.5, 0.6) is 11.5 Å². The molecule has 0 aliphatic carbocycles. The Morgan fingerprint density at radius 1 is 0.871 bits per heavy atom. The van der Waals surface area contributed by atoms with Gasteiger partial charge in [-0.15, -0.1) is 0 Å². The Bertz CT molecular complexity index is 1170. The lowest BCUT2D eigenvalue weighted by Gasteiger charge is -2.16. The Kier molecular flexibility index (Phi) is 6.58. The highest BCUT2D eigenvalue weighted by atomic mass is 35.5. The second-order valence-electron chi connectivity index (χ2n) is 7.12. The van der Waals surface area contributed by atoms with Crippen LogP contribution >= 0.6 is 11.6 Å². The number of halogens is 2. The van der Waals surface area contributed by atoms with Crippen molar-refractivity contribution in [2.45, 2.75) is 20.1 Å². The van der Waals surface area contributed by atoms with E-state index in [9.17, 15) is 4.39 Å². The largest absolute Gasteiger partial charge is 0.490 e. The van der Waals surface area contributed by atoms with Crippen LogP contribution in [0.1, 0.15) is 18.1 Å². The van der Waals surface area contributed by atoms with E-state index in [1.165, 1.54) is 17.5 Å². The maximum absolute atomic E-state index is 13.1. The van der Waals surface area contributed by atoms with Crippen molar-refractivity contribution in [1.29, 1.82) is 0 Å². The van der Waals surface area contributed by atoms with Gasteiger partial charge in [-0.05, 0) is 47.7 Å². The first kappa shape index (κ1) is 21.0. The monoisotopic (exact) mass is 435 g/mol. The smallest absolute Gasteiger partial charge is 0.163 e.